The summed E-state index contributed by atoms with van der Waals surface area (Å²) in [6, 6.07) is 3.11. The maximum Gasteiger partial charge on any atom is 0.328 e. The number of hydrazone groups is 1. The van der Waals surface area contributed by atoms with Crippen molar-refractivity contribution < 1.29 is 9.90 Å². The molecule has 0 aliphatic heterocycles. The number of carbonyl (C=O) groups excluding carboxylic acids is 1. The molecule has 20 heavy (non-hydrogen) atoms. The van der Waals surface area contributed by atoms with E-state index < -0.39 is 23.0 Å². The van der Waals surface area contributed by atoms with E-state index in [2.05, 4.69) is 15.5 Å². The minimum atomic E-state index is -0.843. The number of nitrogens with zero attached hydrogens (tertiary/aromatic N) is 2. The van der Waals surface area contributed by atoms with Gasteiger partial charge in [-0.1, -0.05) is 0 Å². The van der Waals surface area contributed by atoms with E-state index in [0.29, 0.717) is 0 Å². The largest absolute Gasteiger partial charge is 0.494 e. The molecule has 0 aliphatic carbocycles. The number of rotatable bonds is 3. The van der Waals surface area contributed by atoms with Gasteiger partial charge in [-0.3, -0.25) is 24.5 Å². The van der Waals surface area contributed by atoms with Crippen molar-refractivity contribution in [1.29, 1.82) is 0 Å². The average Bonchev–Trinajstić information content (AvgIpc) is 2.42. The Morgan fingerprint density at radius 1 is 1.40 bits per heavy atom. The summed E-state index contributed by atoms with van der Waals surface area (Å²) < 4.78 is 0. The molecule has 9 heteroatoms. The maximum absolute atomic E-state index is 11.6. The molecule has 0 atom stereocenters. The van der Waals surface area contributed by atoms with Crippen LogP contribution in [0.3, 0.4) is 0 Å². The highest BCUT2D eigenvalue weighted by molar-refractivity contribution is 5.94. The number of hydrogen-bond donors (Lipinski definition) is 4. The Hall–Kier alpha value is -3.23. The van der Waals surface area contributed by atoms with Gasteiger partial charge in [-0.25, -0.2) is 10.2 Å². The topological polar surface area (TPSA) is 140 Å². The number of pyridine rings is 1. The first-order chi connectivity index (χ1) is 9.58. The predicted octanol–water partition coefficient (Wildman–Crippen LogP) is -1.07. The Balaban J connectivity index is 2.14. The summed E-state index contributed by atoms with van der Waals surface area (Å²) in [5.41, 5.74) is 0.480. The number of carbonyl (C=O) groups is 1. The van der Waals surface area contributed by atoms with Gasteiger partial charge < -0.3 is 5.11 Å². The van der Waals surface area contributed by atoms with Crippen molar-refractivity contribution >= 4 is 12.1 Å². The summed E-state index contributed by atoms with van der Waals surface area (Å²) in [6.07, 6.45) is 3.77. The summed E-state index contributed by atoms with van der Waals surface area (Å²) in [5.74, 6) is -1.17. The highest BCUT2D eigenvalue weighted by Gasteiger charge is 2.06. The summed E-state index contributed by atoms with van der Waals surface area (Å²) in [5, 5.41) is 12.9. The van der Waals surface area contributed by atoms with Gasteiger partial charge in [-0.05, 0) is 12.1 Å². The van der Waals surface area contributed by atoms with Gasteiger partial charge in [0.05, 0.1) is 11.8 Å². The number of aromatic nitrogens is 3. The van der Waals surface area contributed by atoms with Crippen molar-refractivity contribution in [3.05, 3.63) is 56.5 Å². The van der Waals surface area contributed by atoms with E-state index in [9.17, 15) is 19.5 Å². The molecule has 0 saturated heterocycles. The van der Waals surface area contributed by atoms with Gasteiger partial charge in [0.25, 0.3) is 11.5 Å². The number of nitrogens with one attached hydrogen (secondary N) is 3. The quantitative estimate of drug-likeness (QED) is 0.417. The Kier molecular flexibility index (Phi) is 3.70. The number of aromatic hydroxyl groups is 1. The molecule has 2 rings (SSSR count). The van der Waals surface area contributed by atoms with Gasteiger partial charge in [0.1, 0.15) is 5.56 Å². The second-order valence-electron chi connectivity index (χ2n) is 3.61. The van der Waals surface area contributed by atoms with Gasteiger partial charge in [-0.15, -0.1) is 0 Å². The van der Waals surface area contributed by atoms with Gasteiger partial charge >= 0.3 is 5.69 Å². The van der Waals surface area contributed by atoms with Gasteiger partial charge in [0.2, 0.25) is 5.88 Å². The van der Waals surface area contributed by atoms with E-state index in [1.807, 2.05) is 9.97 Å². The number of hydrogen-bond acceptors (Lipinski definition) is 6. The van der Waals surface area contributed by atoms with E-state index in [1.165, 1.54) is 18.5 Å². The van der Waals surface area contributed by atoms with E-state index in [0.717, 1.165) is 6.21 Å². The fourth-order valence-electron chi connectivity index (χ4n) is 1.32. The molecule has 0 saturated carbocycles. The zero-order valence-electron chi connectivity index (χ0n) is 9.95. The molecule has 0 unspecified atom stereocenters. The zero-order chi connectivity index (χ0) is 14.5. The predicted molar refractivity (Wildman–Crippen MR) is 68.6 cm³/mol. The van der Waals surface area contributed by atoms with Crippen molar-refractivity contribution in [3.63, 3.8) is 0 Å². The van der Waals surface area contributed by atoms with Crippen LogP contribution in [0.5, 0.6) is 5.88 Å². The van der Waals surface area contributed by atoms with Gasteiger partial charge in [-0.2, -0.15) is 5.10 Å². The molecule has 0 fully saturated rings. The lowest BCUT2D eigenvalue weighted by Gasteiger charge is -1.99. The van der Waals surface area contributed by atoms with Crippen molar-refractivity contribution in [2.24, 2.45) is 5.10 Å². The molecule has 0 aliphatic rings. The van der Waals surface area contributed by atoms with Crippen LogP contribution in [0.2, 0.25) is 0 Å². The molecule has 0 radical (unpaired) electrons. The van der Waals surface area contributed by atoms with Crippen molar-refractivity contribution in [2.75, 3.05) is 0 Å². The Morgan fingerprint density at radius 2 is 2.20 bits per heavy atom. The van der Waals surface area contributed by atoms with Crippen LogP contribution >= 0.6 is 0 Å². The number of aromatic amines is 2. The Morgan fingerprint density at radius 3 is 2.85 bits per heavy atom. The third-order valence-electron chi connectivity index (χ3n) is 2.24. The molecule has 2 aromatic heterocycles. The molecule has 2 aromatic rings. The van der Waals surface area contributed by atoms with Gasteiger partial charge in [0, 0.05) is 12.4 Å². The second kappa shape index (κ2) is 5.61. The van der Waals surface area contributed by atoms with Crippen LogP contribution in [-0.4, -0.2) is 32.2 Å². The summed E-state index contributed by atoms with van der Waals surface area (Å²) >= 11 is 0. The van der Waals surface area contributed by atoms with E-state index in [1.54, 1.807) is 6.07 Å². The molecular formula is C11H9N5O4. The standard InChI is InChI=1S/C11H9N5O4/c17-8(6-2-1-3-12-4-6)16-13-5-7-9(18)14-11(20)15-10(7)19/h1-5H,(H,16,17)(H3,14,15,18,19,20). The van der Waals surface area contributed by atoms with Crippen LogP contribution in [0.1, 0.15) is 15.9 Å². The lowest BCUT2D eigenvalue weighted by atomic mass is 10.3. The van der Waals surface area contributed by atoms with Crippen LogP contribution in [0.4, 0.5) is 0 Å². The number of amides is 1. The van der Waals surface area contributed by atoms with Crippen LogP contribution < -0.4 is 16.7 Å². The monoisotopic (exact) mass is 275 g/mol. The van der Waals surface area contributed by atoms with Crippen LogP contribution in [0.25, 0.3) is 0 Å². The normalized spacial score (nSPS) is 10.6. The lowest BCUT2D eigenvalue weighted by molar-refractivity contribution is 0.0954. The van der Waals surface area contributed by atoms with E-state index in [4.69, 9.17) is 0 Å². The average molecular weight is 275 g/mol. The first-order valence-corrected chi connectivity index (χ1v) is 5.37. The number of H-pyrrole nitrogens is 2. The summed E-state index contributed by atoms with van der Waals surface area (Å²) in [7, 11) is 0. The molecule has 9 nitrogen and oxygen atoms in total. The molecule has 2 heterocycles. The Bertz CT molecular complexity index is 762. The van der Waals surface area contributed by atoms with Crippen molar-refractivity contribution in [1.82, 2.24) is 20.4 Å². The third-order valence-corrected chi connectivity index (χ3v) is 2.24. The third kappa shape index (κ3) is 2.96. The van der Waals surface area contributed by atoms with Gasteiger partial charge in [0.15, 0.2) is 0 Å². The van der Waals surface area contributed by atoms with Crippen LogP contribution in [-0.2, 0) is 0 Å². The van der Waals surface area contributed by atoms with Crippen LogP contribution in [0.15, 0.2) is 39.2 Å². The molecule has 1 amide bonds. The first kappa shape index (κ1) is 13.2. The molecule has 4 N–H and O–H groups in total. The molecule has 0 bridgehead atoms. The summed E-state index contributed by atoms with van der Waals surface area (Å²) in [4.78, 5) is 41.4. The first-order valence-electron chi connectivity index (χ1n) is 5.37. The highest BCUT2D eigenvalue weighted by atomic mass is 16.3. The van der Waals surface area contributed by atoms with Crippen molar-refractivity contribution in [3.8, 4) is 5.88 Å². The molecule has 102 valence electrons. The fourth-order valence-corrected chi connectivity index (χ4v) is 1.32. The molecule has 0 spiro atoms. The fraction of sp³-hybridized carbons (Fsp3) is 0. The Labute approximate surface area is 111 Å². The van der Waals surface area contributed by atoms with Crippen LogP contribution in [0, 0.1) is 0 Å². The van der Waals surface area contributed by atoms with E-state index >= 15 is 0 Å². The summed E-state index contributed by atoms with van der Waals surface area (Å²) in [6.45, 7) is 0. The maximum atomic E-state index is 11.6. The highest BCUT2D eigenvalue weighted by Crippen LogP contribution is 2.00. The zero-order valence-corrected chi connectivity index (χ0v) is 9.95. The molecular weight excluding hydrogens is 266 g/mol. The lowest BCUT2D eigenvalue weighted by Crippen LogP contribution is -2.25. The minimum absolute atomic E-state index is 0.281. The SMILES string of the molecule is O=C(NN=Cc1c(O)[nH]c(=O)[nH]c1=O)c1cccnc1. The van der Waals surface area contributed by atoms with E-state index in [-0.39, 0.29) is 11.1 Å². The molecule has 0 aromatic carbocycles. The second-order valence-corrected chi connectivity index (χ2v) is 3.61. The smallest absolute Gasteiger partial charge is 0.328 e. The minimum Gasteiger partial charge on any atom is -0.494 e. The van der Waals surface area contributed by atoms with Crippen molar-refractivity contribution in [2.45, 2.75) is 0 Å².